The summed E-state index contributed by atoms with van der Waals surface area (Å²) in [5.74, 6) is 0. The third kappa shape index (κ3) is 6.75. The van der Waals surface area contributed by atoms with Crippen LogP contribution >= 0.6 is 0 Å². The zero-order valence-corrected chi connectivity index (χ0v) is 15.2. The fourth-order valence-electron chi connectivity index (χ4n) is 2.91. The van der Waals surface area contributed by atoms with Gasteiger partial charge >= 0.3 is 8.80 Å². The highest BCUT2D eigenvalue weighted by Crippen LogP contribution is 2.17. The zero-order valence-electron chi connectivity index (χ0n) is 14.2. The number of piperidine rings is 1. The Morgan fingerprint density at radius 3 is 2.29 bits per heavy atom. The first-order valence-corrected chi connectivity index (χ1v) is 10.1. The molecular formula is C15H33NO4Si. The van der Waals surface area contributed by atoms with Crippen molar-refractivity contribution in [1.29, 1.82) is 0 Å². The first-order chi connectivity index (χ1) is 10.2. The van der Waals surface area contributed by atoms with Crippen molar-refractivity contribution in [3.05, 3.63) is 0 Å². The van der Waals surface area contributed by atoms with Crippen molar-refractivity contribution in [1.82, 2.24) is 4.90 Å². The Hall–Kier alpha value is 0.0169. The molecule has 0 radical (unpaired) electrons. The van der Waals surface area contributed by atoms with Gasteiger partial charge in [-0.05, 0) is 39.2 Å². The van der Waals surface area contributed by atoms with E-state index in [1.54, 1.807) is 21.3 Å². The van der Waals surface area contributed by atoms with E-state index in [2.05, 4.69) is 11.8 Å². The molecule has 0 amide bonds. The van der Waals surface area contributed by atoms with Gasteiger partial charge in [0.25, 0.3) is 0 Å². The topological polar surface area (TPSA) is 40.2 Å². The highest BCUT2D eigenvalue weighted by atomic mass is 28.4. The second kappa shape index (κ2) is 10.7. The van der Waals surface area contributed by atoms with Crippen LogP contribution in [-0.4, -0.2) is 67.4 Å². The monoisotopic (exact) mass is 319 g/mol. The minimum atomic E-state index is -2.41. The lowest BCUT2D eigenvalue weighted by molar-refractivity contribution is 0.0940. The van der Waals surface area contributed by atoms with Crippen LogP contribution in [0.2, 0.25) is 6.04 Å². The number of hydrogen-bond acceptors (Lipinski definition) is 5. The fourth-order valence-corrected chi connectivity index (χ4v) is 4.60. The Morgan fingerprint density at radius 1 is 1.00 bits per heavy atom. The summed E-state index contributed by atoms with van der Waals surface area (Å²) < 4.78 is 21.9. The molecule has 6 heteroatoms. The maximum atomic E-state index is 5.72. The van der Waals surface area contributed by atoms with Gasteiger partial charge in [-0.1, -0.05) is 6.42 Å². The molecule has 21 heavy (non-hydrogen) atoms. The SMILES string of the molecule is CO[Si](CCCOCCCN1CCCCC1C)(OC)OC. The molecule has 0 aromatic rings. The lowest BCUT2D eigenvalue weighted by Gasteiger charge is -2.33. The van der Waals surface area contributed by atoms with Crippen molar-refractivity contribution in [3.8, 4) is 0 Å². The van der Waals surface area contributed by atoms with E-state index in [0.717, 1.165) is 44.7 Å². The summed E-state index contributed by atoms with van der Waals surface area (Å²) in [5.41, 5.74) is 0. The van der Waals surface area contributed by atoms with Gasteiger partial charge in [0, 0.05) is 53.2 Å². The van der Waals surface area contributed by atoms with E-state index >= 15 is 0 Å². The van der Waals surface area contributed by atoms with Gasteiger partial charge in [0.05, 0.1) is 0 Å². The molecule has 0 bridgehead atoms. The number of nitrogens with zero attached hydrogens (tertiary/aromatic N) is 1. The molecule has 1 aliphatic heterocycles. The summed E-state index contributed by atoms with van der Waals surface area (Å²) in [6.45, 7) is 6.34. The standard InChI is InChI=1S/C15H33NO4Si/c1-15-9-5-6-10-16(15)11-7-12-20-13-8-14-21(17-2,18-3)19-4/h15H,5-14H2,1-4H3. The Kier molecular flexibility index (Phi) is 9.71. The van der Waals surface area contributed by atoms with E-state index in [4.69, 9.17) is 18.0 Å². The van der Waals surface area contributed by atoms with E-state index in [0.29, 0.717) is 0 Å². The molecule has 0 aliphatic carbocycles. The van der Waals surface area contributed by atoms with Gasteiger partial charge in [-0.25, -0.2) is 0 Å². The summed E-state index contributed by atoms with van der Waals surface area (Å²) in [5, 5.41) is 0. The lowest BCUT2D eigenvalue weighted by atomic mass is 10.0. The fraction of sp³-hybridized carbons (Fsp3) is 1.00. The van der Waals surface area contributed by atoms with Crippen molar-refractivity contribution in [2.24, 2.45) is 0 Å². The second-order valence-electron chi connectivity index (χ2n) is 5.75. The normalized spacial score (nSPS) is 20.9. The molecule has 1 saturated heterocycles. The number of hydrogen-bond donors (Lipinski definition) is 0. The van der Waals surface area contributed by atoms with Gasteiger partial charge in [-0.2, -0.15) is 0 Å². The molecule has 1 heterocycles. The van der Waals surface area contributed by atoms with Gasteiger partial charge in [0.2, 0.25) is 0 Å². The molecule has 0 aromatic carbocycles. The predicted molar refractivity (Wildman–Crippen MR) is 86.5 cm³/mol. The van der Waals surface area contributed by atoms with Crippen LogP contribution in [0.25, 0.3) is 0 Å². The summed E-state index contributed by atoms with van der Waals surface area (Å²) in [6.07, 6.45) is 6.12. The van der Waals surface area contributed by atoms with Gasteiger partial charge in [-0.3, -0.25) is 0 Å². The molecule has 1 fully saturated rings. The molecule has 0 aromatic heterocycles. The molecule has 1 rings (SSSR count). The van der Waals surface area contributed by atoms with Gasteiger partial charge < -0.3 is 22.9 Å². The van der Waals surface area contributed by atoms with Crippen LogP contribution in [0.3, 0.4) is 0 Å². The second-order valence-corrected chi connectivity index (χ2v) is 8.84. The molecule has 1 aliphatic rings. The van der Waals surface area contributed by atoms with Crippen LogP contribution in [0.4, 0.5) is 0 Å². The third-order valence-electron chi connectivity index (χ3n) is 4.38. The van der Waals surface area contributed by atoms with Gasteiger partial charge in [0.1, 0.15) is 0 Å². The number of likely N-dealkylation sites (tertiary alicyclic amines) is 1. The van der Waals surface area contributed by atoms with E-state index in [1.165, 1.54) is 25.8 Å². The quantitative estimate of drug-likeness (QED) is 0.432. The number of rotatable bonds is 11. The summed E-state index contributed by atoms with van der Waals surface area (Å²) in [4.78, 5) is 2.59. The Balaban J connectivity index is 2.01. The van der Waals surface area contributed by atoms with E-state index in [-0.39, 0.29) is 0 Å². The molecule has 0 saturated carbocycles. The molecule has 5 nitrogen and oxygen atoms in total. The van der Waals surface area contributed by atoms with Gasteiger partial charge in [0.15, 0.2) is 0 Å². The van der Waals surface area contributed by atoms with Crippen molar-refractivity contribution in [3.63, 3.8) is 0 Å². The van der Waals surface area contributed by atoms with E-state index in [9.17, 15) is 0 Å². The number of ether oxygens (including phenoxy) is 1. The van der Waals surface area contributed by atoms with Crippen molar-refractivity contribution in [2.75, 3.05) is 47.6 Å². The Morgan fingerprint density at radius 2 is 1.67 bits per heavy atom. The van der Waals surface area contributed by atoms with Crippen LogP contribution in [0.5, 0.6) is 0 Å². The zero-order chi connectivity index (χ0) is 15.6. The predicted octanol–water partition coefficient (Wildman–Crippen LogP) is 2.54. The summed E-state index contributed by atoms with van der Waals surface area (Å²) in [6, 6.07) is 1.55. The molecule has 1 unspecified atom stereocenters. The molecule has 0 spiro atoms. The van der Waals surface area contributed by atoms with Crippen molar-refractivity contribution >= 4 is 8.80 Å². The van der Waals surface area contributed by atoms with Crippen LogP contribution in [0, 0.1) is 0 Å². The Labute approximate surface area is 131 Å². The van der Waals surface area contributed by atoms with Crippen molar-refractivity contribution in [2.45, 2.75) is 51.1 Å². The largest absolute Gasteiger partial charge is 0.500 e. The molecule has 0 N–H and O–H groups in total. The third-order valence-corrected chi connectivity index (χ3v) is 7.21. The first kappa shape index (κ1) is 19.1. The van der Waals surface area contributed by atoms with Crippen LogP contribution in [0.15, 0.2) is 0 Å². The van der Waals surface area contributed by atoms with Gasteiger partial charge in [-0.15, -0.1) is 0 Å². The summed E-state index contributed by atoms with van der Waals surface area (Å²) >= 11 is 0. The van der Waals surface area contributed by atoms with Crippen LogP contribution in [-0.2, 0) is 18.0 Å². The minimum Gasteiger partial charge on any atom is -0.381 e. The van der Waals surface area contributed by atoms with E-state index < -0.39 is 8.80 Å². The molecule has 126 valence electrons. The smallest absolute Gasteiger partial charge is 0.381 e. The average molecular weight is 320 g/mol. The highest BCUT2D eigenvalue weighted by molar-refractivity contribution is 6.60. The lowest BCUT2D eigenvalue weighted by Crippen LogP contribution is -2.42. The first-order valence-electron chi connectivity index (χ1n) is 8.14. The van der Waals surface area contributed by atoms with Crippen LogP contribution in [0.1, 0.15) is 39.0 Å². The molecule has 1 atom stereocenters. The van der Waals surface area contributed by atoms with E-state index in [1.807, 2.05) is 0 Å². The highest BCUT2D eigenvalue weighted by Gasteiger charge is 2.36. The average Bonchev–Trinajstić information content (AvgIpc) is 2.52. The Bertz CT molecular complexity index is 256. The summed E-state index contributed by atoms with van der Waals surface area (Å²) in [7, 11) is 2.55. The maximum absolute atomic E-state index is 5.72. The molecular weight excluding hydrogens is 286 g/mol. The maximum Gasteiger partial charge on any atom is 0.500 e. The minimum absolute atomic E-state index is 0.746. The van der Waals surface area contributed by atoms with Crippen molar-refractivity contribution < 1.29 is 18.0 Å². The van der Waals surface area contributed by atoms with Crippen LogP contribution < -0.4 is 0 Å².